The normalized spacial score (nSPS) is 18.7. The van der Waals surface area contributed by atoms with Gasteiger partial charge >= 0.3 is 0 Å². The third-order valence-electron chi connectivity index (χ3n) is 3.34. The number of hydrogen-bond acceptors (Lipinski definition) is 3. The Bertz CT molecular complexity index is 476. The average molecular weight is 258 g/mol. The summed E-state index contributed by atoms with van der Waals surface area (Å²) < 4.78 is 5.47. The van der Waals surface area contributed by atoms with Crippen molar-refractivity contribution >= 4 is 5.91 Å². The molecule has 4 nitrogen and oxygen atoms in total. The van der Waals surface area contributed by atoms with Crippen molar-refractivity contribution in [2.75, 3.05) is 19.7 Å². The van der Waals surface area contributed by atoms with Crippen LogP contribution in [0.3, 0.4) is 0 Å². The van der Waals surface area contributed by atoms with Gasteiger partial charge < -0.3 is 9.64 Å². The van der Waals surface area contributed by atoms with Gasteiger partial charge in [0.05, 0.1) is 12.0 Å². The predicted molar refractivity (Wildman–Crippen MR) is 71.6 cm³/mol. The lowest BCUT2D eigenvalue weighted by atomic mass is 10.00. The lowest BCUT2D eigenvalue weighted by Gasteiger charge is -2.29. The number of carbonyl (C=O) groups is 1. The number of amides is 1. The van der Waals surface area contributed by atoms with Crippen molar-refractivity contribution in [1.82, 2.24) is 4.90 Å². The fraction of sp³-hybridized carbons (Fsp3) is 0.467. The summed E-state index contributed by atoms with van der Waals surface area (Å²) in [7, 11) is 0. The summed E-state index contributed by atoms with van der Waals surface area (Å²) in [5.74, 6) is 0.630. The third kappa shape index (κ3) is 3.72. The monoisotopic (exact) mass is 258 g/mol. The molecule has 0 radical (unpaired) electrons. The summed E-state index contributed by atoms with van der Waals surface area (Å²) in [5.41, 5.74) is 1.16. The van der Waals surface area contributed by atoms with Gasteiger partial charge in [0.1, 0.15) is 5.75 Å². The zero-order valence-corrected chi connectivity index (χ0v) is 11.1. The van der Waals surface area contributed by atoms with Crippen molar-refractivity contribution in [2.45, 2.75) is 19.8 Å². The minimum Gasteiger partial charge on any atom is -0.484 e. The van der Waals surface area contributed by atoms with E-state index in [1.54, 1.807) is 4.90 Å². The Labute approximate surface area is 113 Å². The molecule has 1 saturated heterocycles. The topological polar surface area (TPSA) is 53.3 Å². The molecule has 19 heavy (non-hydrogen) atoms. The highest BCUT2D eigenvalue weighted by Gasteiger charge is 2.23. The van der Waals surface area contributed by atoms with Gasteiger partial charge in [-0.25, -0.2) is 0 Å². The Morgan fingerprint density at radius 1 is 1.47 bits per heavy atom. The smallest absolute Gasteiger partial charge is 0.260 e. The molecule has 100 valence electrons. The highest BCUT2D eigenvalue weighted by atomic mass is 16.5. The van der Waals surface area contributed by atoms with Gasteiger partial charge in [0.2, 0.25) is 0 Å². The van der Waals surface area contributed by atoms with E-state index >= 15 is 0 Å². The lowest BCUT2D eigenvalue weighted by molar-refractivity contribution is -0.134. The van der Waals surface area contributed by atoms with Crippen LogP contribution in [0.15, 0.2) is 24.3 Å². The predicted octanol–water partition coefficient (Wildman–Crippen LogP) is 2.14. The number of likely N-dealkylation sites (tertiary alicyclic amines) is 1. The second-order valence-corrected chi connectivity index (χ2v) is 4.91. The average Bonchev–Trinajstić information content (AvgIpc) is 2.46. The SMILES string of the molecule is Cc1ccc(OCC(=O)N2CCCC(C#N)C2)cc1. The van der Waals surface area contributed by atoms with E-state index < -0.39 is 0 Å². The molecule has 1 amide bonds. The molecule has 1 atom stereocenters. The molecule has 0 aliphatic carbocycles. The van der Waals surface area contributed by atoms with Crippen molar-refractivity contribution in [3.8, 4) is 11.8 Å². The van der Waals surface area contributed by atoms with Gasteiger partial charge in [-0.2, -0.15) is 5.26 Å². The molecular weight excluding hydrogens is 240 g/mol. The van der Waals surface area contributed by atoms with Crippen LogP contribution in [0.1, 0.15) is 18.4 Å². The molecule has 1 fully saturated rings. The van der Waals surface area contributed by atoms with E-state index in [2.05, 4.69) is 6.07 Å². The van der Waals surface area contributed by atoms with Crippen LogP contribution in [0, 0.1) is 24.2 Å². The summed E-state index contributed by atoms with van der Waals surface area (Å²) in [6.45, 7) is 3.31. The van der Waals surface area contributed by atoms with Crippen LogP contribution in [0.5, 0.6) is 5.75 Å². The molecule has 1 aromatic rings. The van der Waals surface area contributed by atoms with Crippen LogP contribution in [-0.4, -0.2) is 30.5 Å². The van der Waals surface area contributed by atoms with Gasteiger partial charge in [-0.1, -0.05) is 17.7 Å². The van der Waals surface area contributed by atoms with Gasteiger partial charge in [-0.3, -0.25) is 4.79 Å². The molecule has 1 heterocycles. The summed E-state index contributed by atoms with van der Waals surface area (Å²) in [6, 6.07) is 9.85. The van der Waals surface area contributed by atoms with Gasteiger partial charge in [-0.05, 0) is 31.9 Å². The summed E-state index contributed by atoms with van der Waals surface area (Å²) >= 11 is 0. The summed E-state index contributed by atoms with van der Waals surface area (Å²) in [5, 5.41) is 8.91. The molecule has 0 saturated carbocycles. The first-order valence-electron chi connectivity index (χ1n) is 6.56. The zero-order chi connectivity index (χ0) is 13.7. The van der Waals surface area contributed by atoms with E-state index in [1.165, 1.54) is 0 Å². The minimum atomic E-state index is -0.0412. The molecule has 1 aliphatic heterocycles. The summed E-state index contributed by atoms with van der Waals surface area (Å²) in [6.07, 6.45) is 1.79. The molecule has 1 unspecified atom stereocenters. The van der Waals surface area contributed by atoms with Crippen molar-refractivity contribution in [1.29, 1.82) is 5.26 Å². The number of benzene rings is 1. The van der Waals surface area contributed by atoms with Crippen LogP contribution < -0.4 is 4.74 Å². The maximum Gasteiger partial charge on any atom is 0.260 e. The highest BCUT2D eigenvalue weighted by Crippen LogP contribution is 2.16. The Morgan fingerprint density at radius 2 is 2.21 bits per heavy atom. The molecule has 4 heteroatoms. The largest absolute Gasteiger partial charge is 0.484 e. The summed E-state index contributed by atoms with van der Waals surface area (Å²) in [4.78, 5) is 13.7. The second kappa shape index (κ2) is 6.24. The van der Waals surface area contributed by atoms with Crippen molar-refractivity contribution in [2.24, 2.45) is 5.92 Å². The van der Waals surface area contributed by atoms with E-state index in [-0.39, 0.29) is 18.4 Å². The van der Waals surface area contributed by atoms with Crippen LogP contribution in [0.25, 0.3) is 0 Å². The fourth-order valence-corrected chi connectivity index (χ4v) is 2.18. The van der Waals surface area contributed by atoms with Crippen LogP contribution in [-0.2, 0) is 4.79 Å². The van der Waals surface area contributed by atoms with Gasteiger partial charge in [0.15, 0.2) is 6.61 Å². The molecule has 0 aromatic heterocycles. The maximum atomic E-state index is 12.0. The number of nitrogens with zero attached hydrogens (tertiary/aromatic N) is 2. The lowest BCUT2D eigenvalue weighted by Crippen LogP contribution is -2.41. The quantitative estimate of drug-likeness (QED) is 0.834. The second-order valence-electron chi connectivity index (χ2n) is 4.91. The Hall–Kier alpha value is -2.02. The number of ether oxygens (including phenoxy) is 1. The molecule has 2 rings (SSSR count). The van der Waals surface area contributed by atoms with E-state index in [9.17, 15) is 4.79 Å². The van der Waals surface area contributed by atoms with Crippen LogP contribution >= 0.6 is 0 Å². The van der Waals surface area contributed by atoms with E-state index in [0.29, 0.717) is 12.3 Å². The van der Waals surface area contributed by atoms with Crippen molar-refractivity contribution < 1.29 is 9.53 Å². The first-order valence-corrected chi connectivity index (χ1v) is 6.56. The van der Waals surface area contributed by atoms with Gasteiger partial charge in [0.25, 0.3) is 5.91 Å². The molecule has 0 spiro atoms. The van der Waals surface area contributed by atoms with Gasteiger partial charge in [0, 0.05) is 13.1 Å². The van der Waals surface area contributed by atoms with Crippen LogP contribution in [0.2, 0.25) is 0 Å². The molecular formula is C15H18N2O2. The highest BCUT2D eigenvalue weighted by molar-refractivity contribution is 5.77. The van der Waals surface area contributed by atoms with Gasteiger partial charge in [-0.15, -0.1) is 0 Å². The molecule has 1 aliphatic rings. The Kier molecular flexibility index (Phi) is 4.40. The van der Waals surface area contributed by atoms with E-state index in [0.717, 1.165) is 24.9 Å². The number of carbonyl (C=O) groups excluding carboxylic acids is 1. The molecule has 0 N–H and O–H groups in total. The van der Waals surface area contributed by atoms with E-state index in [4.69, 9.17) is 10.00 Å². The first-order chi connectivity index (χ1) is 9.19. The Balaban J connectivity index is 1.84. The van der Waals surface area contributed by atoms with E-state index in [1.807, 2.05) is 31.2 Å². The number of piperidine rings is 1. The standard InChI is InChI=1S/C15H18N2O2/c1-12-4-6-14(7-5-12)19-11-15(18)17-8-2-3-13(9-16)10-17/h4-7,13H,2-3,8,10-11H2,1H3. The zero-order valence-electron chi connectivity index (χ0n) is 11.1. The fourth-order valence-electron chi connectivity index (χ4n) is 2.18. The number of aryl methyl sites for hydroxylation is 1. The minimum absolute atomic E-state index is 0.0305. The molecule has 0 bridgehead atoms. The number of hydrogen-bond donors (Lipinski definition) is 0. The maximum absolute atomic E-state index is 12.0. The van der Waals surface area contributed by atoms with Crippen LogP contribution in [0.4, 0.5) is 0 Å². The van der Waals surface area contributed by atoms with Crippen molar-refractivity contribution in [3.05, 3.63) is 29.8 Å². The third-order valence-corrected chi connectivity index (χ3v) is 3.34. The molecule has 1 aromatic carbocycles. The van der Waals surface area contributed by atoms with Crippen molar-refractivity contribution in [3.63, 3.8) is 0 Å². The number of nitriles is 1. The number of rotatable bonds is 3. The Morgan fingerprint density at radius 3 is 2.89 bits per heavy atom. The first kappa shape index (κ1) is 13.4.